The number of hydrogen-bond donors (Lipinski definition) is 1. The number of quaternary nitrogens is 1. The molecule has 4 nitrogen and oxygen atoms in total. The van der Waals surface area contributed by atoms with Crippen molar-refractivity contribution in [3.63, 3.8) is 0 Å². The van der Waals surface area contributed by atoms with Crippen LogP contribution in [0.2, 0.25) is 0 Å². The quantitative estimate of drug-likeness (QED) is 0.499. The van der Waals surface area contributed by atoms with E-state index in [0.717, 1.165) is 13.0 Å². The minimum absolute atomic E-state index is 0.0203. The van der Waals surface area contributed by atoms with Crippen molar-refractivity contribution in [3.05, 3.63) is 23.4 Å². The molecule has 5 heteroatoms. The predicted octanol–water partition coefficient (Wildman–Crippen LogP) is -0.596. The van der Waals surface area contributed by atoms with Crippen LogP contribution in [0, 0.1) is 0 Å². The van der Waals surface area contributed by atoms with Crippen LogP contribution in [0.1, 0.15) is 6.42 Å². The highest BCUT2D eigenvalue weighted by Crippen LogP contribution is 2.18. The number of thiocarbonyl (C=S) groups is 1. The number of allylic oxidation sites excluding steroid dienone is 2. The Morgan fingerprint density at radius 2 is 2.00 bits per heavy atom. The van der Waals surface area contributed by atoms with Crippen molar-refractivity contribution >= 4 is 23.2 Å². The van der Waals surface area contributed by atoms with E-state index in [1.807, 2.05) is 13.1 Å². The number of carbonyl (C=O) groups is 1. The highest BCUT2D eigenvalue weighted by Gasteiger charge is 2.32. The van der Waals surface area contributed by atoms with Crippen LogP contribution >= 0.6 is 12.2 Å². The summed E-state index contributed by atoms with van der Waals surface area (Å²) < 4.78 is 0. The standard InChI is InChI=1S/C12H17N3OS/c1-13-7-6-9(8-13)4-5-10-11(16)15(3)12(17)14(10)2/h4-5H,6-8H2,1-3H3/p+1/b9-4-,10-5-. The monoisotopic (exact) mass is 252 g/mol. The van der Waals surface area contributed by atoms with E-state index in [4.69, 9.17) is 12.2 Å². The van der Waals surface area contributed by atoms with Crippen LogP contribution in [0.25, 0.3) is 0 Å². The van der Waals surface area contributed by atoms with Crippen LogP contribution in [-0.4, -0.2) is 55.1 Å². The zero-order valence-electron chi connectivity index (χ0n) is 10.5. The lowest BCUT2D eigenvalue weighted by Gasteiger charge is -2.10. The van der Waals surface area contributed by atoms with Crippen molar-refractivity contribution in [2.24, 2.45) is 0 Å². The van der Waals surface area contributed by atoms with E-state index in [-0.39, 0.29) is 5.91 Å². The van der Waals surface area contributed by atoms with Gasteiger partial charge >= 0.3 is 0 Å². The molecule has 1 N–H and O–H groups in total. The van der Waals surface area contributed by atoms with E-state index in [9.17, 15) is 4.79 Å². The van der Waals surface area contributed by atoms with Gasteiger partial charge in [0.2, 0.25) is 0 Å². The molecule has 2 heterocycles. The number of hydrogen-bond acceptors (Lipinski definition) is 2. The third-order valence-electron chi connectivity index (χ3n) is 3.34. The SMILES string of the molecule is CN1C(=O)/C(=C/C=C2/CC[NH+](C)C2)N(C)C1=S. The number of rotatable bonds is 1. The number of nitrogens with one attached hydrogen (secondary N) is 1. The molecule has 0 bridgehead atoms. The summed E-state index contributed by atoms with van der Waals surface area (Å²) in [5, 5.41) is 0.564. The first-order chi connectivity index (χ1) is 8.00. The number of nitrogens with zero attached hydrogens (tertiary/aromatic N) is 2. The normalized spacial score (nSPS) is 30.2. The largest absolute Gasteiger partial charge is 0.334 e. The number of carbonyl (C=O) groups excluding carboxylic acids is 1. The van der Waals surface area contributed by atoms with Gasteiger partial charge in [-0.15, -0.1) is 0 Å². The van der Waals surface area contributed by atoms with E-state index in [0.29, 0.717) is 10.8 Å². The summed E-state index contributed by atoms with van der Waals surface area (Å²) >= 11 is 5.15. The molecule has 2 fully saturated rings. The van der Waals surface area contributed by atoms with Crippen molar-refractivity contribution in [3.8, 4) is 0 Å². The number of likely N-dealkylation sites (tertiary alicyclic amines) is 1. The van der Waals surface area contributed by atoms with Gasteiger partial charge in [0.25, 0.3) is 5.91 Å². The van der Waals surface area contributed by atoms with Gasteiger partial charge in [0.05, 0.1) is 20.1 Å². The van der Waals surface area contributed by atoms with E-state index in [1.165, 1.54) is 21.9 Å². The summed E-state index contributed by atoms with van der Waals surface area (Å²) in [5.41, 5.74) is 2.06. The summed E-state index contributed by atoms with van der Waals surface area (Å²) in [5.74, 6) is -0.0203. The van der Waals surface area contributed by atoms with E-state index in [1.54, 1.807) is 11.9 Å². The average molecular weight is 252 g/mol. The minimum Gasteiger partial charge on any atom is -0.334 e. The Balaban J connectivity index is 2.17. The van der Waals surface area contributed by atoms with Gasteiger partial charge in [-0.05, 0) is 23.9 Å². The third kappa shape index (κ3) is 2.25. The predicted molar refractivity (Wildman–Crippen MR) is 70.5 cm³/mol. The van der Waals surface area contributed by atoms with Gasteiger partial charge in [0.1, 0.15) is 5.70 Å². The second-order valence-corrected chi connectivity index (χ2v) is 5.08. The van der Waals surface area contributed by atoms with Crippen molar-refractivity contribution in [1.29, 1.82) is 0 Å². The first-order valence-electron chi connectivity index (χ1n) is 5.77. The van der Waals surface area contributed by atoms with E-state index >= 15 is 0 Å². The fraction of sp³-hybridized carbons (Fsp3) is 0.500. The molecule has 0 aromatic rings. The van der Waals surface area contributed by atoms with Gasteiger partial charge in [0, 0.05) is 20.5 Å². The third-order valence-corrected chi connectivity index (χ3v) is 3.89. The minimum atomic E-state index is -0.0203. The van der Waals surface area contributed by atoms with E-state index < -0.39 is 0 Å². The fourth-order valence-corrected chi connectivity index (χ4v) is 2.37. The summed E-state index contributed by atoms with van der Waals surface area (Å²) in [6.07, 6.45) is 5.09. The maximum absolute atomic E-state index is 11.9. The summed E-state index contributed by atoms with van der Waals surface area (Å²) in [7, 11) is 5.73. The molecule has 0 radical (unpaired) electrons. The van der Waals surface area contributed by atoms with Gasteiger partial charge in [-0.1, -0.05) is 6.08 Å². The molecule has 2 aliphatic rings. The Morgan fingerprint density at radius 1 is 1.29 bits per heavy atom. The molecule has 2 rings (SSSR count). The number of likely N-dealkylation sites (N-methyl/N-ethyl adjacent to an activating group) is 3. The summed E-state index contributed by atoms with van der Waals surface area (Å²) in [6.45, 7) is 2.25. The van der Waals surface area contributed by atoms with Gasteiger partial charge in [-0.2, -0.15) is 0 Å². The van der Waals surface area contributed by atoms with Crippen LogP contribution in [0.3, 0.4) is 0 Å². The Kier molecular flexibility index (Phi) is 3.31. The lowest BCUT2D eigenvalue weighted by molar-refractivity contribution is -0.863. The smallest absolute Gasteiger partial charge is 0.276 e. The zero-order valence-corrected chi connectivity index (χ0v) is 11.3. The molecule has 1 amide bonds. The molecule has 0 aliphatic carbocycles. The van der Waals surface area contributed by atoms with Crippen LogP contribution in [0.15, 0.2) is 23.4 Å². The van der Waals surface area contributed by atoms with Gasteiger partial charge in [0.15, 0.2) is 5.11 Å². The summed E-state index contributed by atoms with van der Waals surface area (Å²) in [4.78, 5) is 16.7. The van der Waals surface area contributed by atoms with Gasteiger partial charge in [-0.3, -0.25) is 9.69 Å². The Hall–Kier alpha value is -1.20. The van der Waals surface area contributed by atoms with Gasteiger partial charge < -0.3 is 9.80 Å². The molecule has 0 saturated carbocycles. The van der Waals surface area contributed by atoms with E-state index in [2.05, 4.69) is 13.1 Å². The van der Waals surface area contributed by atoms with Crippen LogP contribution in [-0.2, 0) is 4.79 Å². The van der Waals surface area contributed by atoms with Crippen LogP contribution in [0.4, 0.5) is 0 Å². The lowest BCUT2D eigenvalue weighted by Crippen LogP contribution is -3.06. The van der Waals surface area contributed by atoms with Gasteiger partial charge in [-0.25, -0.2) is 0 Å². The van der Waals surface area contributed by atoms with Crippen molar-refractivity contribution in [2.45, 2.75) is 6.42 Å². The number of amides is 1. The average Bonchev–Trinajstić information content (AvgIpc) is 2.78. The second-order valence-electron chi connectivity index (χ2n) is 4.72. The maximum atomic E-state index is 11.9. The molecule has 0 spiro atoms. The maximum Gasteiger partial charge on any atom is 0.276 e. The highest BCUT2D eigenvalue weighted by atomic mass is 32.1. The van der Waals surface area contributed by atoms with Crippen molar-refractivity contribution in [2.75, 3.05) is 34.2 Å². The molecule has 0 aromatic heterocycles. The highest BCUT2D eigenvalue weighted by molar-refractivity contribution is 7.80. The molecule has 2 aliphatic heterocycles. The molecule has 92 valence electrons. The molecule has 1 atom stereocenters. The Bertz CT molecular complexity index is 427. The zero-order chi connectivity index (χ0) is 12.6. The fourth-order valence-electron chi connectivity index (χ4n) is 2.19. The molecule has 0 aromatic carbocycles. The second kappa shape index (κ2) is 4.58. The first-order valence-corrected chi connectivity index (χ1v) is 6.18. The van der Waals surface area contributed by atoms with Crippen molar-refractivity contribution < 1.29 is 9.69 Å². The first kappa shape index (κ1) is 12.3. The lowest BCUT2D eigenvalue weighted by atomic mass is 10.2. The summed E-state index contributed by atoms with van der Waals surface area (Å²) in [6, 6.07) is 0. The molecular weight excluding hydrogens is 234 g/mol. The molecule has 1 unspecified atom stereocenters. The molecule has 2 saturated heterocycles. The van der Waals surface area contributed by atoms with Crippen molar-refractivity contribution in [1.82, 2.24) is 9.80 Å². The topological polar surface area (TPSA) is 28.0 Å². The molecule has 17 heavy (non-hydrogen) atoms. The molecular formula is C12H18N3OS+. The Labute approximate surface area is 107 Å². The Morgan fingerprint density at radius 3 is 2.47 bits per heavy atom. The van der Waals surface area contributed by atoms with Crippen LogP contribution in [0.5, 0.6) is 0 Å². The van der Waals surface area contributed by atoms with Crippen LogP contribution < -0.4 is 4.90 Å².